The molecule has 0 saturated carbocycles. The standard InChI is InChI=1S/C14H15ClN2O/c1-2-10-7-8-17(14(18)13(10)16)9-11-5-3-4-6-12(11)15/h3-8H,2,9,16H2,1H3. The summed E-state index contributed by atoms with van der Waals surface area (Å²) in [7, 11) is 0. The molecule has 0 fully saturated rings. The molecular weight excluding hydrogens is 248 g/mol. The minimum atomic E-state index is -0.158. The van der Waals surface area contributed by atoms with Gasteiger partial charge in [0, 0.05) is 11.2 Å². The van der Waals surface area contributed by atoms with E-state index in [0.717, 1.165) is 17.5 Å². The van der Waals surface area contributed by atoms with Gasteiger partial charge in [0.2, 0.25) is 0 Å². The quantitative estimate of drug-likeness (QED) is 0.925. The maximum atomic E-state index is 12.1. The predicted octanol–water partition coefficient (Wildman–Crippen LogP) is 2.69. The van der Waals surface area contributed by atoms with Crippen molar-refractivity contribution < 1.29 is 0 Å². The molecule has 0 amide bonds. The van der Waals surface area contributed by atoms with Crippen LogP contribution in [0.3, 0.4) is 0 Å². The number of rotatable bonds is 3. The molecule has 94 valence electrons. The van der Waals surface area contributed by atoms with Crippen LogP contribution in [0.5, 0.6) is 0 Å². The van der Waals surface area contributed by atoms with Crippen LogP contribution in [0, 0.1) is 0 Å². The topological polar surface area (TPSA) is 48.0 Å². The SMILES string of the molecule is CCc1ccn(Cc2ccccc2Cl)c(=O)c1N. The number of nitrogens with zero attached hydrogens (tertiary/aromatic N) is 1. The highest BCUT2D eigenvalue weighted by Crippen LogP contribution is 2.16. The Morgan fingerprint density at radius 1 is 1.22 bits per heavy atom. The first-order valence-electron chi connectivity index (χ1n) is 5.84. The average Bonchev–Trinajstić information content (AvgIpc) is 2.38. The van der Waals surface area contributed by atoms with Gasteiger partial charge >= 0.3 is 0 Å². The Bertz CT molecular complexity index is 619. The van der Waals surface area contributed by atoms with Crippen LogP contribution < -0.4 is 11.3 Å². The number of halogens is 1. The van der Waals surface area contributed by atoms with Crippen LogP contribution in [-0.2, 0) is 13.0 Å². The lowest BCUT2D eigenvalue weighted by Gasteiger charge is -2.10. The third-order valence-corrected chi connectivity index (χ3v) is 3.34. The van der Waals surface area contributed by atoms with Crippen LogP contribution in [0.2, 0.25) is 5.02 Å². The zero-order chi connectivity index (χ0) is 13.1. The highest BCUT2D eigenvalue weighted by molar-refractivity contribution is 6.31. The normalized spacial score (nSPS) is 10.6. The van der Waals surface area contributed by atoms with Crippen LogP contribution in [0.25, 0.3) is 0 Å². The molecule has 3 nitrogen and oxygen atoms in total. The number of benzene rings is 1. The third-order valence-electron chi connectivity index (χ3n) is 2.97. The van der Waals surface area contributed by atoms with Gasteiger partial charge in [-0.3, -0.25) is 4.79 Å². The molecule has 0 aliphatic rings. The second-order valence-electron chi connectivity index (χ2n) is 4.13. The van der Waals surface area contributed by atoms with Gasteiger partial charge in [0.15, 0.2) is 0 Å². The molecule has 1 aromatic carbocycles. The number of nitrogen functional groups attached to an aromatic ring is 1. The first kappa shape index (κ1) is 12.7. The van der Waals surface area contributed by atoms with Crippen LogP contribution in [0.1, 0.15) is 18.1 Å². The molecule has 1 heterocycles. The first-order valence-corrected chi connectivity index (χ1v) is 6.22. The number of aryl methyl sites for hydroxylation is 1. The highest BCUT2D eigenvalue weighted by atomic mass is 35.5. The lowest BCUT2D eigenvalue weighted by atomic mass is 10.1. The third kappa shape index (κ3) is 2.41. The molecule has 0 radical (unpaired) electrons. The minimum absolute atomic E-state index is 0.158. The molecule has 18 heavy (non-hydrogen) atoms. The van der Waals surface area contributed by atoms with E-state index in [0.29, 0.717) is 17.3 Å². The molecule has 0 aliphatic heterocycles. The molecule has 1 aromatic heterocycles. The van der Waals surface area contributed by atoms with Gasteiger partial charge in [0.05, 0.1) is 6.54 Å². The van der Waals surface area contributed by atoms with Gasteiger partial charge in [-0.05, 0) is 29.7 Å². The van der Waals surface area contributed by atoms with Crippen molar-refractivity contribution in [3.05, 3.63) is 63.0 Å². The number of nitrogens with two attached hydrogens (primary N) is 1. The van der Waals surface area contributed by atoms with Crippen molar-refractivity contribution in [1.82, 2.24) is 4.57 Å². The maximum absolute atomic E-state index is 12.1. The summed E-state index contributed by atoms with van der Waals surface area (Å²) in [6.07, 6.45) is 2.52. The van der Waals surface area contributed by atoms with E-state index in [1.807, 2.05) is 37.3 Å². The van der Waals surface area contributed by atoms with Crippen molar-refractivity contribution in [3.63, 3.8) is 0 Å². The van der Waals surface area contributed by atoms with Gasteiger partial charge in [0.25, 0.3) is 5.56 Å². The average molecular weight is 263 g/mol. The molecule has 2 rings (SSSR count). The molecule has 0 atom stereocenters. The molecule has 0 aliphatic carbocycles. The summed E-state index contributed by atoms with van der Waals surface area (Å²) in [6.45, 7) is 2.41. The Labute approximate surface area is 111 Å². The smallest absolute Gasteiger partial charge is 0.274 e. The van der Waals surface area contributed by atoms with Crippen LogP contribution in [-0.4, -0.2) is 4.57 Å². The summed E-state index contributed by atoms with van der Waals surface area (Å²) in [5.41, 5.74) is 7.78. The van der Waals surface area contributed by atoms with E-state index in [2.05, 4.69) is 0 Å². The van der Waals surface area contributed by atoms with E-state index < -0.39 is 0 Å². The number of hydrogen-bond donors (Lipinski definition) is 1. The largest absolute Gasteiger partial charge is 0.394 e. The Kier molecular flexibility index (Phi) is 3.72. The van der Waals surface area contributed by atoms with E-state index in [1.165, 1.54) is 0 Å². The van der Waals surface area contributed by atoms with Crippen molar-refractivity contribution >= 4 is 17.3 Å². The van der Waals surface area contributed by atoms with Crippen molar-refractivity contribution in [2.24, 2.45) is 0 Å². The highest BCUT2D eigenvalue weighted by Gasteiger charge is 2.07. The Morgan fingerprint density at radius 3 is 2.61 bits per heavy atom. The molecular formula is C14H15ClN2O. The van der Waals surface area contributed by atoms with E-state index >= 15 is 0 Å². The van der Waals surface area contributed by atoms with E-state index in [-0.39, 0.29) is 5.56 Å². The summed E-state index contributed by atoms with van der Waals surface area (Å²) >= 11 is 6.08. The number of hydrogen-bond acceptors (Lipinski definition) is 2. The summed E-state index contributed by atoms with van der Waals surface area (Å²) < 4.78 is 1.58. The minimum Gasteiger partial charge on any atom is -0.394 e. The van der Waals surface area contributed by atoms with Crippen LogP contribution in [0.15, 0.2) is 41.3 Å². The van der Waals surface area contributed by atoms with Crippen LogP contribution >= 0.6 is 11.6 Å². The molecule has 0 bridgehead atoms. The zero-order valence-electron chi connectivity index (χ0n) is 10.2. The van der Waals surface area contributed by atoms with Gasteiger partial charge < -0.3 is 10.3 Å². The fourth-order valence-electron chi connectivity index (χ4n) is 1.87. The number of anilines is 1. The molecule has 0 spiro atoms. The predicted molar refractivity (Wildman–Crippen MR) is 75.0 cm³/mol. The van der Waals surface area contributed by atoms with Gasteiger partial charge in [-0.15, -0.1) is 0 Å². The molecule has 4 heteroatoms. The first-order chi connectivity index (χ1) is 8.63. The van der Waals surface area contributed by atoms with Crippen molar-refractivity contribution in [3.8, 4) is 0 Å². The van der Waals surface area contributed by atoms with E-state index in [4.69, 9.17) is 17.3 Å². The van der Waals surface area contributed by atoms with Crippen molar-refractivity contribution in [2.45, 2.75) is 19.9 Å². The molecule has 0 saturated heterocycles. The second-order valence-corrected chi connectivity index (χ2v) is 4.54. The van der Waals surface area contributed by atoms with Gasteiger partial charge in [-0.1, -0.05) is 36.7 Å². The van der Waals surface area contributed by atoms with Crippen molar-refractivity contribution in [2.75, 3.05) is 5.73 Å². The fourth-order valence-corrected chi connectivity index (χ4v) is 2.07. The monoisotopic (exact) mass is 262 g/mol. The van der Waals surface area contributed by atoms with Crippen molar-refractivity contribution in [1.29, 1.82) is 0 Å². The summed E-state index contributed by atoms with van der Waals surface area (Å²) in [6, 6.07) is 9.36. The van der Waals surface area contributed by atoms with E-state index in [1.54, 1.807) is 10.8 Å². The number of aromatic nitrogens is 1. The zero-order valence-corrected chi connectivity index (χ0v) is 10.9. The molecule has 2 N–H and O–H groups in total. The van der Waals surface area contributed by atoms with Gasteiger partial charge in [-0.2, -0.15) is 0 Å². The summed E-state index contributed by atoms with van der Waals surface area (Å²) in [4.78, 5) is 12.1. The van der Waals surface area contributed by atoms with Gasteiger partial charge in [-0.25, -0.2) is 0 Å². The fraction of sp³-hybridized carbons (Fsp3) is 0.214. The maximum Gasteiger partial charge on any atom is 0.274 e. The second kappa shape index (κ2) is 5.27. The number of pyridine rings is 1. The summed E-state index contributed by atoms with van der Waals surface area (Å²) in [5.74, 6) is 0. The van der Waals surface area contributed by atoms with Gasteiger partial charge in [0.1, 0.15) is 5.69 Å². The Morgan fingerprint density at radius 2 is 1.94 bits per heavy atom. The lowest BCUT2D eigenvalue weighted by molar-refractivity contribution is 0.758. The van der Waals surface area contributed by atoms with E-state index in [9.17, 15) is 4.79 Å². The Hall–Kier alpha value is -1.74. The Balaban J connectivity index is 2.40. The van der Waals surface area contributed by atoms with Crippen LogP contribution in [0.4, 0.5) is 5.69 Å². The lowest BCUT2D eigenvalue weighted by Crippen LogP contribution is -2.24. The molecule has 2 aromatic rings. The summed E-state index contributed by atoms with van der Waals surface area (Å²) in [5, 5.41) is 0.655. The molecule has 0 unspecified atom stereocenters.